The van der Waals surface area contributed by atoms with Gasteiger partial charge in [-0.05, 0) is 6.92 Å². The van der Waals surface area contributed by atoms with E-state index in [2.05, 4.69) is 11.3 Å². The molecule has 1 N–H and O–H groups in total. The van der Waals surface area contributed by atoms with E-state index in [9.17, 15) is 5.11 Å². The number of hydrogen-bond donors (Lipinski definition) is 1. The largest absolute Gasteiger partial charge is 0.448 e. The van der Waals surface area contributed by atoms with Gasteiger partial charge in [0.05, 0.1) is 19.5 Å². The molecule has 0 spiro atoms. The van der Waals surface area contributed by atoms with Gasteiger partial charge < -0.3 is 19.3 Å². The van der Waals surface area contributed by atoms with E-state index in [4.69, 9.17) is 9.47 Å². The van der Waals surface area contributed by atoms with Gasteiger partial charge in [0.2, 0.25) is 0 Å². The molecule has 0 aliphatic rings. The highest BCUT2D eigenvalue weighted by Gasteiger charge is 2.20. The molecule has 0 rings (SSSR count). The second-order valence-corrected chi connectivity index (χ2v) is 2.23. The Morgan fingerprint density at radius 1 is 1.50 bits per heavy atom. The lowest BCUT2D eigenvalue weighted by Crippen LogP contribution is -2.31. The molecule has 0 aromatic carbocycles. The van der Waals surface area contributed by atoms with Crippen molar-refractivity contribution in [1.29, 1.82) is 0 Å². The summed E-state index contributed by atoms with van der Waals surface area (Å²) < 4.78 is 14.5. The number of ether oxygens (including phenoxy) is 3. The van der Waals surface area contributed by atoms with Gasteiger partial charge >= 0.3 is 5.97 Å². The molecule has 0 amide bonds. The molecule has 1 unspecified atom stereocenters. The number of rotatable bonds is 7. The van der Waals surface area contributed by atoms with Crippen molar-refractivity contribution in [2.75, 3.05) is 19.8 Å². The smallest absolute Gasteiger partial charge is 0.320 e. The summed E-state index contributed by atoms with van der Waals surface area (Å²) in [6, 6.07) is 0. The van der Waals surface area contributed by atoms with Gasteiger partial charge in [-0.1, -0.05) is 6.58 Å². The van der Waals surface area contributed by atoms with Crippen LogP contribution in [-0.2, 0) is 14.2 Å². The lowest BCUT2D eigenvalue weighted by Gasteiger charge is -2.21. The van der Waals surface area contributed by atoms with Crippen LogP contribution in [0.5, 0.6) is 0 Å². The lowest BCUT2D eigenvalue weighted by molar-refractivity contribution is -0.328. The van der Waals surface area contributed by atoms with Crippen LogP contribution in [0.3, 0.4) is 0 Å². The lowest BCUT2D eigenvalue weighted by atomic mass is 10.6. The summed E-state index contributed by atoms with van der Waals surface area (Å²) in [5.41, 5.74) is 0. The molecule has 0 aliphatic carbocycles. The van der Waals surface area contributed by atoms with E-state index in [0.29, 0.717) is 13.2 Å². The number of aliphatic hydroxyl groups is 1. The normalized spacial score (nSPS) is 15.2. The highest BCUT2D eigenvalue weighted by Crippen LogP contribution is 2.06. The zero-order chi connectivity index (χ0) is 9.45. The maximum absolute atomic E-state index is 9.24. The van der Waals surface area contributed by atoms with Gasteiger partial charge in [0.1, 0.15) is 0 Å². The molecule has 0 aromatic heterocycles. The molecule has 1 atom stereocenters. The van der Waals surface area contributed by atoms with E-state index in [0.717, 1.165) is 6.26 Å². The summed E-state index contributed by atoms with van der Waals surface area (Å²) in [6.45, 7) is 7.93. The van der Waals surface area contributed by atoms with Crippen LogP contribution in [0.25, 0.3) is 0 Å². The minimum atomic E-state index is -1.60. The zero-order valence-electron chi connectivity index (χ0n) is 7.58. The first kappa shape index (κ1) is 11.4. The van der Waals surface area contributed by atoms with Crippen LogP contribution >= 0.6 is 0 Å². The van der Waals surface area contributed by atoms with Crippen LogP contribution in [-0.4, -0.2) is 30.9 Å². The van der Waals surface area contributed by atoms with E-state index in [1.165, 1.54) is 6.92 Å². The minimum Gasteiger partial charge on any atom is -0.448 e. The summed E-state index contributed by atoms with van der Waals surface area (Å²) in [7, 11) is 0. The van der Waals surface area contributed by atoms with Crippen LogP contribution in [0.2, 0.25) is 0 Å². The summed E-state index contributed by atoms with van der Waals surface area (Å²) in [4.78, 5) is 0. The van der Waals surface area contributed by atoms with Crippen LogP contribution in [0.1, 0.15) is 13.8 Å². The third-order valence-electron chi connectivity index (χ3n) is 1.10. The standard InChI is InChI=1S/C8H16O4/c1-4-10-6-7-12-8(3,9)11-5-2/h5,9H,2,4,6-7H2,1,3H3. The molecular weight excluding hydrogens is 160 g/mol. The minimum absolute atomic E-state index is 0.286. The third-order valence-corrected chi connectivity index (χ3v) is 1.10. The first-order valence-corrected chi connectivity index (χ1v) is 3.85. The van der Waals surface area contributed by atoms with E-state index >= 15 is 0 Å². The molecule has 0 aromatic rings. The summed E-state index contributed by atoms with van der Waals surface area (Å²) in [5.74, 6) is -1.60. The van der Waals surface area contributed by atoms with Crippen molar-refractivity contribution in [3.05, 3.63) is 12.8 Å². The Labute approximate surface area is 72.7 Å². The fourth-order valence-electron chi connectivity index (χ4n) is 0.623. The first-order valence-electron chi connectivity index (χ1n) is 3.85. The molecule has 0 saturated heterocycles. The van der Waals surface area contributed by atoms with Crippen molar-refractivity contribution in [3.8, 4) is 0 Å². The molecule has 0 bridgehead atoms. The first-order chi connectivity index (χ1) is 5.62. The molecular formula is C8H16O4. The Morgan fingerprint density at radius 3 is 2.67 bits per heavy atom. The van der Waals surface area contributed by atoms with Gasteiger partial charge in [0.15, 0.2) is 0 Å². The predicted octanol–water partition coefficient (Wildman–Crippen LogP) is 0.866. The molecule has 0 heterocycles. The maximum atomic E-state index is 9.24. The molecule has 0 radical (unpaired) electrons. The Morgan fingerprint density at radius 2 is 2.17 bits per heavy atom. The Hall–Kier alpha value is -0.580. The monoisotopic (exact) mass is 176 g/mol. The fraction of sp³-hybridized carbons (Fsp3) is 0.750. The molecule has 0 saturated carbocycles. The SMILES string of the molecule is C=COC(C)(O)OCCOCC. The van der Waals surface area contributed by atoms with Crippen molar-refractivity contribution < 1.29 is 19.3 Å². The summed E-state index contributed by atoms with van der Waals surface area (Å²) >= 11 is 0. The van der Waals surface area contributed by atoms with E-state index in [-0.39, 0.29) is 6.61 Å². The molecule has 4 heteroatoms. The van der Waals surface area contributed by atoms with Gasteiger partial charge in [-0.25, -0.2) is 0 Å². The van der Waals surface area contributed by atoms with Crippen molar-refractivity contribution >= 4 is 0 Å². The Balaban J connectivity index is 3.39. The zero-order valence-corrected chi connectivity index (χ0v) is 7.58. The highest BCUT2D eigenvalue weighted by molar-refractivity contribution is 4.54. The van der Waals surface area contributed by atoms with Gasteiger partial charge in [0.25, 0.3) is 0 Å². The molecule has 12 heavy (non-hydrogen) atoms. The van der Waals surface area contributed by atoms with Crippen molar-refractivity contribution in [2.45, 2.75) is 19.8 Å². The fourth-order valence-corrected chi connectivity index (χ4v) is 0.623. The second-order valence-electron chi connectivity index (χ2n) is 2.23. The molecule has 0 aliphatic heterocycles. The quantitative estimate of drug-likeness (QED) is 0.355. The molecule has 72 valence electrons. The maximum Gasteiger partial charge on any atom is 0.320 e. The topological polar surface area (TPSA) is 47.9 Å². The average Bonchev–Trinajstić information content (AvgIpc) is 1.98. The molecule has 0 fully saturated rings. The highest BCUT2D eigenvalue weighted by atomic mass is 16.8. The van der Waals surface area contributed by atoms with Crippen LogP contribution in [0, 0.1) is 0 Å². The summed E-state index contributed by atoms with van der Waals surface area (Å²) in [5, 5.41) is 9.24. The third kappa shape index (κ3) is 6.15. The van der Waals surface area contributed by atoms with Gasteiger partial charge in [-0.3, -0.25) is 0 Å². The van der Waals surface area contributed by atoms with Gasteiger partial charge in [-0.15, -0.1) is 0 Å². The van der Waals surface area contributed by atoms with Crippen molar-refractivity contribution in [1.82, 2.24) is 0 Å². The van der Waals surface area contributed by atoms with E-state index in [1.54, 1.807) is 0 Å². The molecule has 4 nitrogen and oxygen atoms in total. The number of hydrogen-bond acceptors (Lipinski definition) is 4. The predicted molar refractivity (Wildman–Crippen MR) is 44.4 cm³/mol. The van der Waals surface area contributed by atoms with Crippen LogP contribution in [0.4, 0.5) is 0 Å². The van der Waals surface area contributed by atoms with Crippen LogP contribution < -0.4 is 0 Å². The Bertz CT molecular complexity index is 122. The Kier molecular flexibility index (Phi) is 5.70. The van der Waals surface area contributed by atoms with Gasteiger partial charge in [-0.2, -0.15) is 0 Å². The van der Waals surface area contributed by atoms with Crippen LogP contribution in [0.15, 0.2) is 12.8 Å². The van der Waals surface area contributed by atoms with E-state index < -0.39 is 5.97 Å². The van der Waals surface area contributed by atoms with Crippen molar-refractivity contribution in [3.63, 3.8) is 0 Å². The average molecular weight is 176 g/mol. The van der Waals surface area contributed by atoms with Gasteiger partial charge in [0, 0.05) is 13.5 Å². The van der Waals surface area contributed by atoms with Crippen molar-refractivity contribution in [2.24, 2.45) is 0 Å². The van der Waals surface area contributed by atoms with E-state index in [1.807, 2.05) is 6.92 Å². The second kappa shape index (κ2) is 5.99. The summed E-state index contributed by atoms with van der Waals surface area (Å²) in [6.07, 6.45) is 1.13.